The summed E-state index contributed by atoms with van der Waals surface area (Å²) in [5.74, 6) is 0. The van der Waals surface area contributed by atoms with E-state index in [0.29, 0.717) is 0 Å². The van der Waals surface area contributed by atoms with Gasteiger partial charge in [-0.25, -0.2) is 0 Å². The molecule has 0 radical (unpaired) electrons. The Hall–Kier alpha value is -13.3. The Labute approximate surface area is 632 Å². The van der Waals surface area contributed by atoms with E-state index in [1.54, 1.807) is 0 Å². The maximum absolute atomic E-state index is 2.41. The van der Waals surface area contributed by atoms with Crippen LogP contribution in [0.3, 0.4) is 0 Å². The van der Waals surface area contributed by atoms with Crippen molar-refractivity contribution in [2.75, 3.05) is 0 Å². The van der Waals surface area contributed by atoms with Gasteiger partial charge in [0.1, 0.15) is 0 Å². The number of hydrogen-bond acceptors (Lipinski definition) is 2. The van der Waals surface area contributed by atoms with Crippen LogP contribution in [0.4, 0.5) is 0 Å². The third-order valence-corrected chi connectivity index (χ3v) is 25.2. The molecule has 2 heteroatoms. The van der Waals surface area contributed by atoms with Gasteiger partial charge in [-0.2, -0.15) is 0 Å². The number of fused-ring (bicyclic) bond motifs is 22. The largest absolute Gasteiger partial charge is 0.134 e. The zero-order valence-electron chi connectivity index (χ0n) is 58.8. The topological polar surface area (TPSA) is 0 Å². The normalized spacial score (nSPS) is 11.9. The molecule has 0 spiro atoms. The van der Waals surface area contributed by atoms with Crippen LogP contribution in [0.15, 0.2) is 388 Å². The number of thiophene rings is 2. The van der Waals surface area contributed by atoms with Crippen molar-refractivity contribution >= 4 is 171 Å². The minimum atomic E-state index is 1.22. The van der Waals surface area contributed by atoms with E-state index in [2.05, 4.69) is 388 Å². The minimum absolute atomic E-state index is 1.22. The van der Waals surface area contributed by atoms with Crippen LogP contribution in [-0.2, 0) is 0 Å². The van der Waals surface area contributed by atoms with Gasteiger partial charge in [0, 0.05) is 51.1 Å². The van der Waals surface area contributed by atoms with E-state index in [-0.39, 0.29) is 0 Å². The van der Waals surface area contributed by atoms with Crippen LogP contribution in [0, 0.1) is 0 Å². The maximum atomic E-state index is 2.41. The molecule has 0 saturated carbocycles. The van der Waals surface area contributed by atoms with E-state index in [1.165, 1.54) is 226 Å². The van der Waals surface area contributed by atoms with Gasteiger partial charge in [0.15, 0.2) is 0 Å². The van der Waals surface area contributed by atoms with Crippen LogP contribution in [-0.4, -0.2) is 0 Å². The molecule has 21 aromatic carbocycles. The average Bonchev–Trinajstić information content (AvgIpc) is 1.54. The van der Waals surface area contributed by atoms with Crippen molar-refractivity contribution in [1.29, 1.82) is 0 Å². The monoisotopic (exact) mass is 1400 g/mol. The molecule has 2 heterocycles. The summed E-state index contributed by atoms with van der Waals surface area (Å²) >= 11 is 3.84. The van der Waals surface area contributed by atoms with Crippen molar-refractivity contribution in [1.82, 2.24) is 0 Å². The molecule has 0 unspecified atom stereocenters. The van der Waals surface area contributed by atoms with Crippen LogP contribution in [0.1, 0.15) is 0 Å². The summed E-state index contributed by atoms with van der Waals surface area (Å²) in [5, 5.41) is 31.2. The first-order valence-corrected chi connectivity index (χ1v) is 38.9. The Morgan fingerprint density at radius 1 is 0.139 bits per heavy atom. The van der Waals surface area contributed by atoms with Crippen LogP contribution < -0.4 is 0 Å². The maximum Gasteiger partial charge on any atom is 0.0440 e. The van der Waals surface area contributed by atoms with Gasteiger partial charge in [0.25, 0.3) is 0 Å². The Kier molecular flexibility index (Phi) is 14.5. The lowest BCUT2D eigenvalue weighted by Crippen LogP contribution is -1.91. The van der Waals surface area contributed by atoms with Gasteiger partial charge in [0.05, 0.1) is 0 Å². The van der Waals surface area contributed by atoms with Gasteiger partial charge < -0.3 is 0 Å². The smallest absolute Gasteiger partial charge is 0.0440 e. The standard InChI is InChI=1S/C56H34S.C50H30S/c1-2-17-41-35(13-1)14-12-26-42(41)36-27-29-37(30-28-36)53-46-21-6-8-23-48(46)54(49-24-9-7-22-47(49)53)40-16-11-15-38(33-40)39-31-32-51-52(34-39)57-56-50-25-10-4-19-44(50)43-18-3-5-20-45(43)55(51)56;1-2-13-32-28-36(25-24-31(32)12-1)48-42-21-8-6-19-40(42)47(41-20-7-9-22-43(41)48)35-15-11-14-33(29-35)34-26-27-45-46(30-34)51-50-44-23-10-4-17-38(44)37-16-3-5-18-39(37)49(45)50/h1-34H;1-30H. The van der Waals surface area contributed by atoms with Gasteiger partial charge in [-0.3, -0.25) is 0 Å². The zero-order chi connectivity index (χ0) is 70.9. The Balaban J connectivity index is 0.000000135. The first-order chi connectivity index (χ1) is 53.6. The van der Waals surface area contributed by atoms with Gasteiger partial charge in [-0.15, -0.1) is 22.7 Å². The Bertz CT molecular complexity index is 7560. The molecular formula is C106H64S2. The second-order valence-electron chi connectivity index (χ2n) is 28.7. The van der Waals surface area contributed by atoms with E-state index in [1.807, 2.05) is 22.7 Å². The predicted molar refractivity (Wildman–Crippen MR) is 472 cm³/mol. The van der Waals surface area contributed by atoms with Crippen molar-refractivity contribution in [3.63, 3.8) is 0 Å². The summed E-state index contributed by atoms with van der Waals surface area (Å²) in [6.45, 7) is 0. The molecule has 0 aliphatic carbocycles. The first kappa shape index (κ1) is 62.1. The summed E-state index contributed by atoms with van der Waals surface area (Å²) in [6, 6.07) is 144. The molecule has 0 aliphatic heterocycles. The van der Waals surface area contributed by atoms with Gasteiger partial charge in [-0.1, -0.05) is 358 Å². The third-order valence-electron chi connectivity index (χ3n) is 22.8. The highest BCUT2D eigenvalue weighted by Crippen LogP contribution is 2.51. The third kappa shape index (κ3) is 9.95. The molecule has 0 bridgehead atoms. The lowest BCUT2D eigenvalue weighted by atomic mass is 9.85. The predicted octanol–water partition coefficient (Wildman–Crippen LogP) is 31.3. The second kappa shape index (κ2) is 25.2. The highest BCUT2D eigenvalue weighted by atomic mass is 32.1. The summed E-state index contributed by atoms with van der Waals surface area (Å²) < 4.78 is 5.38. The average molecular weight is 1400 g/mol. The quantitative estimate of drug-likeness (QED) is 0.110. The number of rotatable bonds is 7. The lowest BCUT2D eigenvalue weighted by molar-refractivity contribution is 1.62. The van der Waals surface area contributed by atoms with Crippen molar-refractivity contribution in [3.8, 4) is 77.9 Å². The van der Waals surface area contributed by atoms with E-state index in [4.69, 9.17) is 0 Å². The van der Waals surface area contributed by atoms with Crippen LogP contribution in [0.2, 0.25) is 0 Å². The molecule has 0 nitrogen and oxygen atoms in total. The SMILES string of the molecule is c1cc(-c2ccc3c(c2)sc2c4ccccc4c4ccccc4c32)cc(-c2c3ccccc3c(-c3ccc(-c4cccc5ccccc45)cc3)c3ccccc23)c1.c1cc(-c2ccc3c(c2)sc2c4ccccc4c4ccccc4c32)cc(-c2c3ccccc3c(-c3ccc4ccccc4c3)c3ccccc23)c1. The summed E-state index contributed by atoms with van der Waals surface area (Å²) in [7, 11) is 0. The fourth-order valence-corrected chi connectivity index (χ4v) is 20.6. The number of hydrogen-bond donors (Lipinski definition) is 0. The van der Waals surface area contributed by atoms with Crippen molar-refractivity contribution in [2.24, 2.45) is 0 Å². The molecule has 0 saturated heterocycles. The lowest BCUT2D eigenvalue weighted by Gasteiger charge is -2.18. The highest BCUT2D eigenvalue weighted by molar-refractivity contribution is 7.27. The molecule has 500 valence electrons. The van der Waals surface area contributed by atoms with Crippen molar-refractivity contribution in [2.45, 2.75) is 0 Å². The Morgan fingerprint density at radius 3 is 0.870 bits per heavy atom. The molecule has 0 aliphatic rings. The van der Waals surface area contributed by atoms with Gasteiger partial charge in [-0.05, 0) is 205 Å². The molecule has 2 aromatic heterocycles. The van der Waals surface area contributed by atoms with Crippen LogP contribution in [0.25, 0.3) is 226 Å². The summed E-state index contributed by atoms with van der Waals surface area (Å²) in [5.41, 5.74) is 17.5. The number of benzene rings is 21. The minimum Gasteiger partial charge on any atom is -0.134 e. The molecule has 0 atom stereocenters. The molecule has 23 aromatic rings. The molecule has 23 rings (SSSR count). The van der Waals surface area contributed by atoms with E-state index in [0.717, 1.165) is 0 Å². The Morgan fingerprint density at radius 2 is 0.426 bits per heavy atom. The fourth-order valence-electron chi connectivity index (χ4n) is 18.0. The van der Waals surface area contributed by atoms with Crippen LogP contribution >= 0.6 is 22.7 Å². The zero-order valence-corrected chi connectivity index (χ0v) is 60.4. The molecule has 0 amide bonds. The first-order valence-electron chi connectivity index (χ1n) is 37.3. The molecule has 0 N–H and O–H groups in total. The summed E-state index contributed by atoms with van der Waals surface area (Å²) in [4.78, 5) is 0. The molecular weight excluding hydrogens is 1340 g/mol. The van der Waals surface area contributed by atoms with Gasteiger partial charge in [0.2, 0.25) is 0 Å². The van der Waals surface area contributed by atoms with Crippen molar-refractivity contribution in [3.05, 3.63) is 388 Å². The molecule has 0 fully saturated rings. The fraction of sp³-hybridized carbons (Fsp3) is 0. The van der Waals surface area contributed by atoms with Gasteiger partial charge >= 0.3 is 0 Å². The van der Waals surface area contributed by atoms with Crippen LogP contribution in [0.5, 0.6) is 0 Å². The summed E-state index contributed by atoms with van der Waals surface area (Å²) in [6.07, 6.45) is 0. The highest BCUT2D eigenvalue weighted by Gasteiger charge is 2.23. The molecule has 108 heavy (non-hydrogen) atoms. The van der Waals surface area contributed by atoms with Crippen molar-refractivity contribution < 1.29 is 0 Å². The van der Waals surface area contributed by atoms with E-state index >= 15 is 0 Å². The van der Waals surface area contributed by atoms with E-state index < -0.39 is 0 Å². The van der Waals surface area contributed by atoms with E-state index in [9.17, 15) is 0 Å². The second-order valence-corrected chi connectivity index (χ2v) is 30.8.